The van der Waals surface area contributed by atoms with Crippen LogP contribution >= 0.6 is 0 Å². The molecule has 1 heterocycles. The third-order valence-corrected chi connectivity index (χ3v) is 5.22. The Morgan fingerprint density at radius 3 is 2.25 bits per heavy atom. The highest BCUT2D eigenvalue weighted by molar-refractivity contribution is 5.94. The van der Waals surface area contributed by atoms with Crippen molar-refractivity contribution in [3.63, 3.8) is 0 Å². The molecule has 1 N–H and O–H groups in total. The van der Waals surface area contributed by atoms with Gasteiger partial charge in [0.05, 0.1) is 0 Å². The molecular weight excluding hydrogens is 350 g/mol. The van der Waals surface area contributed by atoms with E-state index in [0.29, 0.717) is 5.92 Å². The molecule has 5 heteroatoms. The second-order valence-corrected chi connectivity index (χ2v) is 7.78. The van der Waals surface area contributed by atoms with Gasteiger partial charge < -0.3 is 19.9 Å². The van der Waals surface area contributed by atoms with Gasteiger partial charge in [0.2, 0.25) is 0 Å². The van der Waals surface area contributed by atoms with Gasteiger partial charge in [-0.3, -0.25) is 4.79 Å². The maximum Gasteiger partial charge on any atom is 0.265 e. The number of benzene rings is 2. The number of carbonyl (C=O) groups is 1. The summed E-state index contributed by atoms with van der Waals surface area (Å²) in [5, 5.41) is 2.96. The second kappa shape index (κ2) is 9.11. The Bertz CT molecular complexity index is 781. The molecule has 0 saturated carbocycles. The highest BCUT2D eigenvalue weighted by atomic mass is 16.5. The number of hydrogen-bond acceptors (Lipinski definition) is 4. The fourth-order valence-corrected chi connectivity index (χ4v) is 3.37. The third kappa shape index (κ3) is 5.04. The Kier molecular flexibility index (Phi) is 6.57. The van der Waals surface area contributed by atoms with E-state index in [4.69, 9.17) is 4.74 Å². The number of nitrogens with zero attached hydrogens (tertiary/aromatic N) is 2. The van der Waals surface area contributed by atoms with Gasteiger partial charge in [0.1, 0.15) is 5.75 Å². The number of ether oxygens (including phenoxy) is 1. The van der Waals surface area contributed by atoms with Crippen LogP contribution in [0.3, 0.4) is 0 Å². The Hall–Kier alpha value is -2.53. The molecule has 0 bridgehead atoms. The summed E-state index contributed by atoms with van der Waals surface area (Å²) < 4.78 is 5.94. The molecule has 2 aromatic carbocycles. The maximum atomic E-state index is 12.6. The van der Waals surface area contributed by atoms with Crippen LogP contribution in [0.25, 0.3) is 0 Å². The van der Waals surface area contributed by atoms with Crippen LogP contribution in [0.2, 0.25) is 0 Å². The van der Waals surface area contributed by atoms with Gasteiger partial charge in [0.15, 0.2) is 6.10 Å². The van der Waals surface area contributed by atoms with Crippen molar-refractivity contribution >= 4 is 17.3 Å². The molecule has 1 aliphatic rings. The monoisotopic (exact) mass is 381 g/mol. The number of amides is 1. The molecule has 1 fully saturated rings. The van der Waals surface area contributed by atoms with E-state index < -0.39 is 6.10 Å². The zero-order valence-electron chi connectivity index (χ0n) is 17.3. The van der Waals surface area contributed by atoms with Crippen LogP contribution in [0.1, 0.15) is 32.3 Å². The van der Waals surface area contributed by atoms with Crippen molar-refractivity contribution in [2.45, 2.75) is 32.8 Å². The number of carbonyl (C=O) groups excluding carboxylic acids is 1. The first kappa shape index (κ1) is 20.2. The van der Waals surface area contributed by atoms with Gasteiger partial charge in [-0.1, -0.05) is 32.0 Å². The van der Waals surface area contributed by atoms with E-state index in [1.807, 2.05) is 36.4 Å². The van der Waals surface area contributed by atoms with E-state index in [-0.39, 0.29) is 5.91 Å². The fraction of sp³-hybridized carbons (Fsp3) is 0.435. The molecular formula is C23H31N3O2. The van der Waals surface area contributed by atoms with Gasteiger partial charge in [0, 0.05) is 37.6 Å². The quantitative estimate of drug-likeness (QED) is 0.822. The molecule has 0 aliphatic carbocycles. The highest BCUT2D eigenvalue weighted by Gasteiger charge is 2.18. The number of likely N-dealkylation sites (N-methyl/N-ethyl adjacent to an activating group) is 1. The van der Waals surface area contributed by atoms with E-state index in [1.54, 1.807) is 6.92 Å². The van der Waals surface area contributed by atoms with Gasteiger partial charge in [-0.2, -0.15) is 0 Å². The summed E-state index contributed by atoms with van der Waals surface area (Å²) in [6.07, 6.45) is -0.572. The zero-order chi connectivity index (χ0) is 20.1. The number of nitrogens with one attached hydrogen (secondary N) is 1. The number of anilines is 2. The van der Waals surface area contributed by atoms with E-state index in [2.05, 4.69) is 48.1 Å². The van der Waals surface area contributed by atoms with Crippen molar-refractivity contribution in [2.75, 3.05) is 43.4 Å². The lowest BCUT2D eigenvalue weighted by Crippen LogP contribution is -2.44. The normalized spacial score (nSPS) is 16.1. The first-order valence-electron chi connectivity index (χ1n) is 10.0. The second-order valence-electron chi connectivity index (χ2n) is 7.78. The van der Waals surface area contributed by atoms with Crippen molar-refractivity contribution < 1.29 is 9.53 Å². The van der Waals surface area contributed by atoms with Gasteiger partial charge in [-0.15, -0.1) is 0 Å². The fourth-order valence-electron chi connectivity index (χ4n) is 3.37. The predicted molar refractivity (Wildman–Crippen MR) is 115 cm³/mol. The van der Waals surface area contributed by atoms with Crippen molar-refractivity contribution in [3.05, 3.63) is 54.1 Å². The van der Waals surface area contributed by atoms with Crippen molar-refractivity contribution in [1.29, 1.82) is 0 Å². The standard InChI is InChI=1S/C23H31N3O2/c1-17(2)21-7-5-6-8-22(21)28-18(3)23(27)24-19-9-11-20(12-10-19)26-15-13-25(4)14-16-26/h5-12,17-18H,13-16H2,1-4H3,(H,24,27)/t18-/m1/s1. The molecule has 0 aromatic heterocycles. The van der Waals surface area contributed by atoms with Crippen LogP contribution in [0.5, 0.6) is 5.75 Å². The highest BCUT2D eigenvalue weighted by Crippen LogP contribution is 2.27. The molecule has 1 atom stereocenters. The van der Waals surface area contributed by atoms with Crippen LogP contribution in [0.15, 0.2) is 48.5 Å². The van der Waals surface area contributed by atoms with Crippen LogP contribution in [-0.4, -0.2) is 50.1 Å². The average Bonchev–Trinajstić information content (AvgIpc) is 2.69. The van der Waals surface area contributed by atoms with E-state index in [1.165, 1.54) is 5.69 Å². The van der Waals surface area contributed by atoms with Crippen LogP contribution in [-0.2, 0) is 4.79 Å². The molecule has 5 nitrogen and oxygen atoms in total. The molecule has 3 rings (SSSR count). The van der Waals surface area contributed by atoms with Gasteiger partial charge in [-0.05, 0) is 55.8 Å². The van der Waals surface area contributed by atoms with Crippen molar-refractivity contribution in [1.82, 2.24) is 4.90 Å². The van der Waals surface area contributed by atoms with Gasteiger partial charge in [0.25, 0.3) is 5.91 Å². The summed E-state index contributed by atoms with van der Waals surface area (Å²) in [4.78, 5) is 17.3. The lowest BCUT2D eigenvalue weighted by Gasteiger charge is -2.34. The molecule has 150 valence electrons. The molecule has 28 heavy (non-hydrogen) atoms. The average molecular weight is 382 g/mol. The maximum absolute atomic E-state index is 12.6. The number of piperazine rings is 1. The molecule has 2 aromatic rings. The largest absolute Gasteiger partial charge is 0.481 e. The molecule has 1 amide bonds. The van der Waals surface area contributed by atoms with E-state index >= 15 is 0 Å². The first-order chi connectivity index (χ1) is 13.4. The third-order valence-electron chi connectivity index (χ3n) is 5.22. The van der Waals surface area contributed by atoms with Crippen LogP contribution in [0.4, 0.5) is 11.4 Å². The molecule has 0 radical (unpaired) electrons. The number of hydrogen-bond donors (Lipinski definition) is 1. The lowest BCUT2D eigenvalue weighted by atomic mass is 10.0. The molecule has 1 aliphatic heterocycles. The SMILES string of the molecule is CC(C)c1ccccc1O[C@H](C)C(=O)Nc1ccc(N2CCN(C)CC2)cc1. The summed E-state index contributed by atoms with van der Waals surface area (Å²) >= 11 is 0. The van der Waals surface area contributed by atoms with Gasteiger partial charge in [-0.25, -0.2) is 0 Å². The summed E-state index contributed by atoms with van der Waals surface area (Å²) in [5.41, 5.74) is 3.09. The summed E-state index contributed by atoms with van der Waals surface area (Å²) in [5.74, 6) is 0.963. The Balaban J connectivity index is 1.58. The number of para-hydroxylation sites is 1. The molecule has 1 saturated heterocycles. The summed E-state index contributed by atoms with van der Waals surface area (Å²) in [6.45, 7) is 10.2. The number of rotatable bonds is 6. The van der Waals surface area contributed by atoms with Crippen LogP contribution < -0.4 is 15.0 Å². The Labute approximate surface area is 168 Å². The first-order valence-corrected chi connectivity index (χ1v) is 10.0. The Morgan fingerprint density at radius 2 is 1.61 bits per heavy atom. The summed E-state index contributed by atoms with van der Waals surface area (Å²) in [6, 6.07) is 15.9. The van der Waals surface area contributed by atoms with E-state index in [9.17, 15) is 4.79 Å². The summed E-state index contributed by atoms with van der Waals surface area (Å²) in [7, 11) is 2.15. The molecule has 0 spiro atoms. The predicted octanol–water partition coefficient (Wildman–Crippen LogP) is 3.97. The van der Waals surface area contributed by atoms with Gasteiger partial charge >= 0.3 is 0 Å². The minimum absolute atomic E-state index is 0.147. The van der Waals surface area contributed by atoms with Crippen molar-refractivity contribution in [3.8, 4) is 5.75 Å². The minimum atomic E-state index is -0.572. The topological polar surface area (TPSA) is 44.8 Å². The minimum Gasteiger partial charge on any atom is -0.481 e. The zero-order valence-corrected chi connectivity index (χ0v) is 17.3. The lowest BCUT2D eigenvalue weighted by molar-refractivity contribution is -0.122. The van der Waals surface area contributed by atoms with E-state index in [0.717, 1.165) is 43.2 Å². The molecule has 0 unspecified atom stereocenters. The van der Waals surface area contributed by atoms with Crippen molar-refractivity contribution in [2.24, 2.45) is 0 Å². The van der Waals surface area contributed by atoms with Crippen LogP contribution in [0, 0.1) is 0 Å². The Morgan fingerprint density at radius 1 is 0.964 bits per heavy atom. The smallest absolute Gasteiger partial charge is 0.265 e.